The predicted octanol–water partition coefficient (Wildman–Crippen LogP) is -1.63. The molecule has 0 saturated carbocycles. The van der Waals surface area contributed by atoms with Crippen LogP contribution in [0.5, 0.6) is 0 Å². The molecule has 15 atom stereocenters. The van der Waals surface area contributed by atoms with E-state index in [-0.39, 0.29) is 196 Å². The van der Waals surface area contributed by atoms with Crippen LogP contribution >= 0.6 is 0 Å². The average molecular weight is 2020 g/mol. The van der Waals surface area contributed by atoms with Crippen LogP contribution in [0.4, 0.5) is 0 Å². The summed E-state index contributed by atoms with van der Waals surface area (Å²) in [5.74, 6) is -9.53. The van der Waals surface area contributed by atoms with Crippen molar-refractivity contribution in [1.82, 2.24) is 90.5 Å². The van der Waals surface area contributed by atoms with Crippen LogP contribution in [0.15, 0.2) is 0 Å². The van der Waals surface area contributed by atoms with Gasteiger partial charge in [0.25, 0.3) is 0 Å². The number of hydrazine groups is 1. The number of rotatable bonds is 82. The summed E-state index contributed by atoms with van der Waals surface area (Å²) < 4.78 is 0. The van der Waals surface area contributed by atoms with Crippen molar-refractivity contribution in [2.24, 2.45) is 98.9 Å². The second-order valence-electron chi connectivity index (χ2n) is 40.3. The topological polar surface area (TPSA) is 772 Å². The first kappa shape index (κ1) is 132. The fourth-order valence-electron chi connectivity index (χ4n) is 15.8. The van der Waals surface area contributed by atoms with Gasteiger partial charge in [-0.15, -0.1) is 0 Å². The molecule has 45 nitrogen and oxygen atoms in total. The van der Waals surface area contributed by atoms with E-state index in [0.717, 1.165) is 0 Å². The summed E-state index contributed by atoms with van der Waals surface area (Å²) in [5.41, 5.74) is 55.1. The van der Waals surface area contributed by atoms with E-state index < -0.39 is 210 Å². The molecule has 0 saturated heterocycles. The SMILES string of the molecule is CC(C)C[C@H](NC(=O)[C@H](CCCCN)NC(=O)[C@H](CC(C)C)NC(=O)[C@H](CCC(N)=O)NC(=O)[C@H](CCCCN)NC(=O)[C@H](CCCCN)NC(=O)[C@H](CC(C)C)NC(=O)[C@H](CC(C)C)NC(=O)[C@H](CCCCN)NC(=O)[C@H](CC(C)C)NC(=O)[C@H](CC(C)C)NC(=O)[C@H](CCCCN)NC(=O)[C@H](CCCCN)NC(=O)[C@@H](N)CC(C)C)C(=O)N[C@@H](CCCCN)C(=O)NCC(=O)NCCCCCC(=O)NN. The second kappa shape index (κ2) is 76.7. The summed E-state index contributed by atoms with van der Waals surface area (Å²) in [6.45, 7) is 27.1. The minimum atomic E-state index is -1.61. The number of amides is 18. The standard InChI is InChI=1S/C97H187N27O18/c1-58(2)50-65(105)83(128)110-67(33-18-25-43-99)85(130)113-70(36-21-28-46-102)88(133)119-78(55-63(11)12)96(141)123-77(54-62(9)10)95(140)116-72(38-23-30-48-104)90(135)120-79(56-64(13)14)97(142)122-76(53-61(7)8)94(139)114-69(35-20-27-45-101)86(131)112-68(34-19-26-44-100)87(132)117-73(40-41-80(106)125)91(136)121-75(52-60(5)6)93(138)115-71(37-22-29-47-103)89(134)118-74(51-59(3)4)92(137)111-66(32-17-24-42-98)84(129)109-57-82(127)108-49-31-15-16-39-81(126)124-107/h58-79H,15-57,98-105,107H2,1-14H3,(H2,106,125)(H,108,127)(H,109,129)(H,110,128)(H,111,137)(H,112,131)(H,113,130)(H,114,139)(H,115,138)(H,116,140)(H,117,132)(H,118,134)(H,119,133)(H,120,135)(H,121,136)(H,122,142)(H,123,141)(H,124,126)/t65-,66-,67-,68-,69-,70-,71-,72-,73-,74-,75-,76-,77-,78-,79-/m0/s1. The van der Waals surface area contributed by atoms with Crippen LogP contribution in [0.1, 0.15) is 315 Å². The van der Waals surface area contributed by atoms with Crippen molar-refractivity contribution < 1.29 is 86.3 Å². The summed E-state index contributed by atoms with van der Waals surface area (Å²) in [6, 6.07) is -19.4. The third-order valence-electron chi connectivity index (χ3n) is 23.5. The van der Waals surface area contributed by atoms with E-state index in [0.29, 0.717) is 109 Å². The Hall–Kier alpha value is -9.90. The van der Waals surface area contributed by atoms with Crippen LogP contribution in [-0.4, -0.2) is 256 Å². The maximum atomic E-state index is 15.0. The molecule has 0 bridgehead atoms. The molecule has 0 radical (unpaired) electrons. The molecule has 0 aromatic rings. The maximum Gasteiger partial charge on any atom is 0.243 e. The van der Waals surface area contributed by atoms with Crippen molar-refractivity contribution >= 4 is 106 Å². The monoisotopic (exact) mass is 2020 g/mol. The summed E-state index contributed by atoms with van der Waals surface area (Å²) in [4.78, 5) is 255. The number of carbonyl (C=O) groups is 18. The van der Waals surface area contributed by atoms with Gasteiger partial charge in [-0.3, -0.25) is 91.7 Å². The van der Waals surface area contributed by atoms with Gasteiger partial charge in [0.15, 0.2) is 0 Å². The molecule has 0 aliphatic rings. The molecule has 37 N–H and O–H groups in total. The molecule has 142 heavy (non-hydrogen) atoms. The highest BCUT2D eigenvalue weighted by Crippen LogP contribution is 2.20. The molecule has 18 amide bonds. The highest BCUT2D eigenvalue weighted by Gasteiger charge is 2.40. The van der Waals surface area contributed by atoms with Gasteiger partial charge in [-0.2, -0.15) is 0 Å². The van der Waals surface area contributed by atoms with Crippen molar-refractivity contribution in [2.75, 3.05) is 58.9 Å². The molecule has 0 rings (SSSR count). The molecule has 0 spiro atoms. The molecule has 0 aliphatic carbocycles. The zero-order valence-electron chi connectivity index (χ0n) is 87.7. The number of nitrogens with one attached hydrogen (secondary N) is 17. The van der Waals surface area contributed by atoms with E-state index in [1.165, 1.54) is 0 Å². The Bertz CT molecular complexity index is 3770. The largest absolute Gasteiger partial charge is 0.370 e. The van der Waals surface area contributed by atoms with E-state index in [9.17, 15) is 86.3 Å². The van der Waals surface area contributed by atoms with Crippen molar-refractivity contribution in [3.8, 4) is 0 Å². The number of primary amides is 1. The van der Waals surface area contributed by atoms with Gasteiger partial charge < -0.3 is 137 Å². The van der Waals surface area contributed by atoms with Crippen molar-refractivity contribution in [2.45, 2.75) is 406 Å². The first-order valence-electron chi connectivity index (χ1n) is 51.9. The van der Waals surface area contributed by atoms with Gasteiger partial charge in [0.2, 0.25) is 106 Å². The van der Waals surface area contributed by atoms with Gasteiger partial charge in [0.05, 0.1) is 12.6 Å². The van der Waals surface area contributed by atoms with Crippen LogP contribution in [-0.2, 0) is 86.3 Å². The molecular weight excluding hydrogens is 1830 g/mol. The van der Waals surface area contributed by atoms with Crippen LogP contribution in [0, 0.1) is 41.4 Å². The first-order valence-corrected chi connectivity index (χ1v) is 51.9. The molecule has 818 valence electrons. The third kappa shape index (κ3) is 60.0. The maximum absolute atomic E-state index is 15.0. The van der Waals surface area contributed by atoms with Crippen molar-refractivity contribution in [3.05, 3.63) is 0 Å². The Morgan fingerprint density at radius 2 is 0.401 bits per heavy atom. The molecular formula is C97H187N27O18. The lowest BCUT2D eigenvalue weighted by Gasteiger charge is -2.30. The molecule has 45 heteroatoms. The van der Waals surface area contributed by atoms with E-state index in [1.807, 2.05) is 55.4 Å². The van der Waals surface area contributed by atoms with Crippen molar-refractivity contribution in [3.63, 3.8) is 0 Å². The normalized spacial score (nSPS) is 14.7. The van der Waals surface area contributed by atoms with Crippen LogP contribution in [0.25, 0.3) is 0 Å². The minimum absolute atomic E-state index is 0.00204. The van der Waals surface area contributed by atoms with E-state index in [1.54, 1.807) is 41.5 Å². The van der Waals surface area contributed by atoms with Crippen LogP contribution in [0.2, 0.25) is 0 Å². The summed E-state index contributed by atoms with van der Waals surface area (Å²) in [6.07, 6.45) is 7.50. The van der Waals surface area contributed by atoms with Gasteiger partial charge in [-0.25, -0.2) is 5.84 Å². The Balaban J connectivity index is 7.49. The lowest BCUT2D eigenvalue weighted by molar-refractivity contribution is -0.137. The Kier molecular flexibility index (Phi) is 71.3. The van der Waals surface area contributed by atoms with Gasteiger partial charge in [-0.05, 0) is 286 Å². The number of nitrogens with two attached hydrogens (primary N) is 10. The number of hydrogen-bond acceptors (Lipinski definition) is 27. The highest BCUT2D eigenvalue weighted by molar-refractivity contribution is 6.01. The molecule has 0 fully saturated rings. The van der Waals surface area contributed by atoms with Crippen molar-refractivity contribution in [1.29, 1.82) is 0 Å². The zero-order chi connectivity index (χ0) is 108. The van der Waals surface area contributed by atoms with E-state index in [4.69, 9.17) is 57.4 Å². The molecule has 0 aliphatic heterocycles. The van der Waals surface area contributed by atoms with E-state index >= 15 is 0 Å². The zero-order valence-corrected chi connectivity index (χ0v) is 87.7. The fourth-order valence-corrected chi connectivity index (χ4v) is 15.8. The van der Waals surface area contributed by atoms with Gasteiger partial charge in [0.1, 0.15) is 84.6 Å². The van der Waals surface area contributed by atoms with Gasteiger partial charge >= 0.3 is 0 Å². The molecule has 0 unspecified atom stereocenters. The van der Waals surface area contributed by atoms with Gasteiger partial charge in [-0.1, -0.05) is 103 Å². The molecule has 0 aromatic carbocycles. The second-order valence-corrected chi connectivity index (χ2v) is 40.3. The molecule has 0 heterocycles. The summed E-state index contributed by atoms with van der Waals surface area (Å²) in [7, 11) is 0. The van der Waals surface area contributed by atoms with Crippen LogP contribution < -0.4 is 148 Å². The highest BCUT2D eigenvalue weighted by atomic mass is 16.2. The Morgan fingerprint density at radius 3 is 0.606 bits per heavy atom. The average Bonchev–Trinajstić information content (AvgIpc) is 0.852. The Labute approximate surface area is 842 Å². The summed E-state index contributed by atoms with van der Waals surface area (Å²) >= 11 is 0. The van der Waals surface area contributed by atoms with Gasteiger partial charge in [0, 0.05) is 19.4 Å². The molecule has 0 aromatic heterocycles. The first-order chi connectivity index (χ1) is 67.1. The smallest absolute Gasteiger partial charge is 0.243 e. The fraction of sp³-hybridized carbons (Fsp3) is 0.814. The summed E-state index contributed by atoms with van der Waals surface area (Å²) in [5, 5.41) is 44.2. The van der Waals surface area contributed by atoms with E-state index in [2.05, 4.69) is 90.5 Å². The Morgan fingerprint density at radius 1 is 0.204 bits per heavy atom. The number of unbranched alkanes of at least 4 members (excludes halogenated alkanes) is 9. The lowest BCUT2D eigenvalue weighted by atomic mass is 9.98. The quantitative estimate of drug-likeness (QED) is 0.0141. The number of hydrogen-bond donors (Lipinski definition) is 27. The third-order valence-corrected chi connectivity index (χ3v) is 23.5. The predicted molar refractivity (Wildman–Crippen MR) is 547 cm³/mol. The minimum Gasteiger partial charge on any atom is -0.370 e. The number of carbonyl (C=O) groups excluding carboxylic acids is 18. The van der Waals surface area contributed by atoms with Crippen LogP contribution in [0.3, 0.4) is 0 Å². The lowest BCUT2D eigenvalue weighted by Crippen LogP contribution is -2.61.